The van der Waals surface area contributed by atoms with E-state index >= 15 is 0 Å². The lowest BCUT2D eigenvalue weighted by atomic mass is 9.78. The van der Waals surface area contributed by atoms with Gasteiger partial charge in [0.25, 0.3) is 0 Å². The number of aromatic nitrogens is 2. The van der Waals surface area contributed by atoms with Crippen LogP contribution < -0.4 is 10.6 Å². The van der Waals surface area contributed by atoms with Crippen molar-refractivity contribution in [1.29, 1.82) is 0 Å². The zero-order valence-electron chi connectivity index (χ0n) is 11.0. The van der Waals surface area contributed by atoms with Crippen LogP contribution in [-0.4, -0.2) is 29.1 Å². The van der Waals surface area contributed by atoms with Gasteiger partial charge in [0.15, 0.2) is 0 Å². The first-order valence-electron chi connectivity index (χ1n) is 7.05. The number of rotatable bonds is 2. The normalized spacial score (nSPS) is 29.1. The lowest BCUT2D eigenvalue weighted by Crippen LogP contribution is -2.36. The van der Waals surface area contributed by atoms with Crippen molar-refractivity contribution in [2.75, 3.05) is 18.0 Å². The highest BCUT2D eigenvalue weighted by atomic mass is 15.2. The van der Waals surface area contributed by atoms with Gasteiger partial charge in [-0.25, -0.2) is 9.97 Å². The highest BCUT2D eigenvalue weighted by Crippen LogP contribution is 2.35. The van der Waals surface area contributed by atoms with Gasteiger partial charge in [0.1, 0.15) is 12.1 Å². The average molecular weight is 246 g/mol. The Morgan fingerprint density at radius 2 is 1.94 bits per heavy atom. The number of nitrogens with zero attached hydrogens (tertiary/aromatic N) is 3. The third-order valence-corrected chi connectivity index (χ3v) is 4.37. The summed E-state index contributed by atoms with van der Waals surface area (Å²) in [6.45, 7) is 4.59. The second kappa shape index (κ2) is 4.84. The summed E-state index contributed by atoms with van der Waals surface area (Å²) in [5, 5.41) is 0. The number of anilines is 1. The fourth-order valence-electron chi connectivity index (χ4n) is 2.90. The van der Waals surface area contributed by atoms with Gasteiger partial charge in [0.2, 0.25) is 0 Å². The van der Waals surface area contributed by atoms with E-state index < -0.39 is 0 Å². The molecular formula is C14H22N4. The first-order chi connectivity index (χ1) is 8.72. The van der Waals surface area contributed by atoms with Crippen LogP contribution in [0.4, 0.5) is 5.82 Å². The van der Waals surface area contributed by atoms with E-state index in [-0.39, 0.29) is 0 Å². The topological polar surface area (TPSA) is 55.0 Å². The van der Waals surface area contributed by atoms with Crippen molar-refractivity contribution < 1.29 is 0 Å². The van der Waals surface area contributed by atoms with Crippen molar-refractivity contribution in [3.8, 4) is 0 Å². The maximum atomic E-state index is 5.85. The summed E-state index contributed by atoms with van der Waals surface area (Å²) >= 11 is 0. The molecule has 0 spiro atoms. The molecule has 1 aliphatic heterocycles. The van der Waals surface area contributed by atoms with Crippen LogP contribution in [0.25, 0.3) is 0 Å². The predicted octanol–water partition coefficient (Wildman–Crippen LogP) is 1.92. The van der Waals surface area contributed by atoms with Crippen molar-refractivity contribution in [1.82, 2.24) is 9.97 Å². The smallest absolute Gasteiger partial charge is 0.132 e. The van der Waals surface area contributed by atoms with Gasteiger partial charge in [-0.05, 0) is 31.6 Å². The van der Waals surface area contributed by atoms with Crippen molar-refractivity contribution in [3.63, 3.8) is 0 Å². The zero-order chi connectivity index (χ0) is 12.5. The molecule has 1 aromatic rings. The van der Waals surface area contributed by atoms with Crippen LogP contribution in [0.3, 0.4) is 0 Å². The van der Waals surface area contributed by atoms with Gasteiger partial charge in [0.05, 0.1) is 0 Å². The van der Waals surface area contributed by atoms with Gasteiger partial charge in [-0.2, -0.15) is 0 Å². The van der Waals surface area contributed by atoms with Crippen molar-refractivity contribution in [3.05, 3.63) is 18.1 Å². The van der Waals surface area contributed by atoms with Crippen molar-refractivity contribution >= 4 is 5.82 Å². The molecule has 4 nitrogen and oxygen atoms in total. The summed E-state index contributed by atoms with van der Waals surface area (Å²) in [4.78, 5) is 11.2. The SMILES string of the molecule is CC1CCN(c2cc(C3CC(N)C3)ncn2)CC1. The molecule has 0 amide bonds. The lowest BCUT2D eigenvalue weighted by Gasteiger charge is -2.34. The van der Waals surface area contributed by atoms with Gasteiger partial charge in [0, 0.05) is 36.8 Å². The number of hydrogen-bond acceptors (Lipinski definition) is 4. The van der Waals surface area contributed by atoms with Crippen molar-refractivity contribution in [2.45, 2.75) is 44.6 Å². The minimum absolute atomic E-state index is 0.379. The predicted molar refractivity (Wildman–Crippen MR) is 72.6 cm³/mol. The molecule has 2 heterocycles. The van der Waals surface area contributed by atoms with E-state index in [1.165, 1.54) is 18.5 Å². The molecule has 0 atom stereocenters. The first-order valence-corrected chi connectivity index (χ1v) is 7.05. The Labute approximate surface area is 109 Å². The first kappa shape index (κ1) is 11.9. The molecule has 2 aliphatic rings. The quantitative estimate of drug-likeness (QED) is 0.866. The van der Waals surface area contributed by atoms with Crippen LogP contribution in [0, 0.1) is 5.92 Å². The number of hydrogen-bond donors (Lipinski definition) is 1. The highest BCUT2D eigenvalue weighted by Gasteiger charge is 2.29. The Morgan fingerprint density at radius 3 is 2.61 bits per heavy atom. The molecule has 0 unspecified atom stereocenters. The second-order valence-corrected chi connectivity index (χ2v) is 5.90. The second-order valence-electron chi connectivity index (χ2n) is 5.90. The molecule has 2 N–H and O–H groups in total. The van der Waals surface area contributed by atoms with E-state index in [9.17, 15) is 0 Å². The number of piperidine rings is 1. The molecular weight excluding hydrogens is 224 g/mol. The van der Waals surface area contributed by atoms with Crippen LogP contribution in [0.1, 0.15) is 44.2 Å². The molecule has 3 rings (SSSR count). The summed E-state index contributed by atoms with van der Waals surface area (Å²) in [5.74, 6) is 2.52. The summed E-state index contributed by atoms with van der Waals surface area (Å²) in [7, 11) is 0. The van der Waals surface area contributed by atoms with Crippen LogP contribution in [0.5, 0.6) is 0 Å². The Hall–Kier alpha value is -1.16. The van der Waals surface area contributed by atoms with E-state index in [2.05, 4.69) is 27.9 Å². The zero-order valence-corrected chi connectivity index (χ0v) is 11.0. The van der Waals surface area contributed by atoms with E-state index in [1.54, 1.807) is 6.33 Å². The molecule has 1 aromatic heterocycles. The van der Waals surface area contributed by atoms with Gasteiger partial charge in [-0.1, -0.05) is 6.92 Å². The standard InChI is InChI=1S/C14H22N4/c1-10-2-4-18(5-3-10)14-8-13(16-9-17-14)11-6-12(15)7-11/h8-12H,2-7,15H2,1H3. The van der Waals surface area contributed by atoms with E-state index in [1.807, 2.05) is 0 Å². The molecule has 1 saturated carbocycles. The van der Waals surface area contributed by atoms with E-state index in [0.29, 0.717) is 12.0 Å². The van der Waals surface area contributed by atoms with Gasteiger partial charge in [-0.15, -0.1) is 0 Å². The average Bonchev–Trinajstić information content (AvgIpc) is 2.36. The Morgan fingerprint density at radius 1 is 1.22 bits per heavy atom. The summed E-state index contributed by atoms with van der Waals surface area (Å²) in [6, 6.07) is 2.55. The third-order valence-electron chi connectivity index (χ3n) is 4.37. The maximum Gasteiger partial charge on any atom is 0.132 e. The van der Waals surface area contributed by atoms with Crippen LogP contribution in [-0.2, 0) is 0 Å². The molecule has 0 bridgehead atoms. The highest BCUT2D eigenvalue weighted by molar-refractivity contribution is 5.40. The van der Waals surface area contributed by atoms with E-state index in [4.69, 9.17) is 5.73 Å². The monoisotopic (exact) mass is 246 g/mol. The van der Waals surface area contributed by atoms with Gasteiger partial charge >= 0.3 is 0 Å². The molecule has 0 aromatic carbocycles. The summed E-state index contributed by atoms with van der Waals surface area (Å²) in [5.41, 5.74) is 7.03. The maximum absolute atomic E-state index is 5.85. The third kappa shape index (κ3) is 2.34. The van der Waals surface area contributed by atoms with E-state index in [0.717, 1.165) is 37.7 Å². The van der Waals surface area contributed by atoms with Crippen LogP contribution in [0.15, 0.2) is 12.4 Å². The lowest BCUT2D eigenvalue weighted by molar-refractivity contribution is 0.344. The molecule has 1 saturated heterocycles. The van der Waals surface area contributed by atoms with Crippen LogP contribution >= 0.6 is 0 Å². The Balaban J connectivity index is 1.71. The fraction of sp³-hybridized carbons (Fsp3) is 0.714. The number of nitrogens with two attached hydrogens (primary N) is 1. The largest absolute Gasteiger partial charge is 0.356 e. The Bertz CT molecular complexity index is 406. The molecule has 1 aliphatic carbocycles. The van der Waals surface area contributed by atoms with Gasteiger partial charge in [-0.3, -0.25) is 0 Å². The molecule has 0 radical (unpaired) electrons. The van der Waals surface area contributed by atoms with Crippen molar-refractivity contribution in [2.24, 2.45) is 11.7 Å². The fourth-order valence-corrected chi connectivity index (χ4v) is 2.90. The molecule has 98 valence electrons. The summed E-state index contributed by atoms with van der Waals surface area (Å²) in [6.07, 6.45) is 6.41. The molecule has 18 heavy (non-hydrogen) atoms. The molecule has 4 heteroatoms. The minimum Gasteiger partial charge on any atom is -0.356 e. The van der Waals surface area contributed by atoms with Crippen LogP contribution in [0.2, 0.25) is 0 Å². The Kier molecular flexibility index (Phi) is 3.20. The minimum atomic E-state index is 0.379. The summed E-state index contributed by atoms with van der Waals surface area (Å²) < 4.78 is 0. The molecule has 2 fully saturated rings. The van der Waals surface area contributed by atoms with Gasteiger partial charge < -0.3 is 10.6 Å².